The van der Waals surface area contributed by atoms with Crippen molar-refractivity contribution < 1.29 is 9.53 Å². The molecule has 0 unspecified atom stereocenters. The highest BCUT2D eigenvalue weighted by Crippen LogP contribution is 2.37. The van der Waals surface area contributed by atoms with Gasteiger partial charge in [-0.2, -0.15) is 0 Å². The molecule has 0 spiro atoms. The number of thiocarbonyl (C=S) groups is 1. The van der Waals surface area contributed by atoms with Crippen molar-refractivity contribution in [1.29, 1.82) is 0 Å². The number of carbonyl (C=O) groups excluding carboxylic acids is 1. The largest absolute Gasteiger partial charge is 0.488 e. The number of hydrogen-bond donors (Lipinski definition) is 0. The maximum atomic E-state index is 13.0. The summed E-state index contributed by atoms with van der Waals surface area (Å²) in [6.07, 6.45) is 1.82. The molecule has 0 saturated carbocycles. The molecular formula is C23H13Br2Cl2NO2S2. The number of thioether (sulfide) groups is 1. The first-order valence-electron chi connectivity index (χ1n) is 9.21. The highest BCUT2D eigenvalue weighted by atomic mass is 79.9. The third-order valence-electron chi connectivity index (χ3n) is 4.53. The molecule has 3 aromatic carbocycles. The van der Waals surface area contributed by atoms with Gasteiger partial charge in [-0.3, -0.25) is 9.69 Å². The van der Waals surface area contributed by atoms with Gasteiger partial charge in [-0.05, 0) is 76.1 Å². The number of halogens is 4. The third-order valence-corrected chi connectivity index (χ3v) is 7.57. The Balaban J connectivity index is 1.49. The maximum Gasteiger partial charge on any atom is 0.270 e. The molecule has 0 bridgehead atoms. The molecule has 0 aliphatic carbocycles. The second kappa shape index (κ2) is 10.3. The van der Waals surface area contributed by atoms with E-state index in [4.69, 9.17) is 40.2 Å². The van der Waals surface area contributed by atoms with Crippen molar-refractivity contribution in [2.24, 2.45) is 0 Å². The summed E-state index contributed by atoms with van der Waals surface area (Å²) >= 11 is 25.8. The molecule has 162 valence electrons. The first-order chi connectivity index (χ1) is 15.3. The number of nitrogens with zero attached hydrogens (tertiary/aromatic N) is 1. The van der Waals surface area contributed by atoms with Gasteiger partial charge in [0.15, 0.2) is 4.32 Å². The normalized spacial score (nSPS) is 15.0. The standard InChI is InChI=1S/C23H13Br2Cl2NO2S2/c24-15-3-6-17(7-4-15)28-22(29)21(32-23(28)31)10-13-1-8-20(18(25)9-13)30-12-14-2-5-16(26)11-19(14)27/h1-11H,12H2/b21-10+. The number of rotatable bonds is 5. The molecule has 3 aromatic rings. The Bertz CT molecular complexity index is 1250. The van der Waals surface area contributed by atoms with E-state index < -0.39 is 0 Å². The first kappa shape index (κ1) is 23.8. The average molecular weight is 630 g/mol. The van der Waals surface area contributed by atoms with Gasteiger partial charge in [0.05, 0.1) is 15.1 Å². The van der Waals surface area contributed by atoms with E-state index in [9.17, 15) is 4.79 Å². The minimum atomic E-state index is -0.142. The maximum absolute atomic E-state index is 13.0. The fourth-order valence-electron chi connectivity index (χ4n) is 2.95. The zero-order valence-electron chi connectivity index (χ0n) is 16.2. The Hall–Kier alpha value is -1.35. The van der Waals surface area contributed by atoms with E-state index in [-0.39, 0.29) is 5.91 Å². The molecule has 9 heteroatoms. The second-order valence-corrected chi connectivity index (χ2v) is 11.0. The molecule has 4 rings (SSSR count). The van der Waals surface area contributed by atoms with Crippen LogP contribution < -0.4 is 9.64 Å². The number of amides is 1. The van der Waals surface area contributed by atoms with Crippen molar-refractivity contribution in [2.45, 2.75) is 6.61 Å². The molecular weight excluding hydrogens is 617 g/mol. The van der Waals surface area contributed by atoms with Crippen LogP contribution in [-0.2, 0) is 11.4 Å². The summed E-state index contributed by atoms with van der Waals surface area (Å²) in [5.41, 5.74) is 2.43. The summed E-state index contributed by atoms with van der Waals surface area (Å²) in [7, 11) is 0. The van der Waals surface area contributed by atoms with Crippen LogP contribution in [-0.4, -0.2) is 10.2 Å². The second-order valence-electron chi connectivity index (χ2n) is 6.71. The number of ether oxygens (including phenoxy) is 1. The zero-order valence-corrected chi connectivity index (χ0v) is 22.5. The Morgan fingerprint density at radius 2 is 1.78 bits per heavy atom. The molecule has 0 atom stereocenters. The molecule has 1 aliphatic heterocycles. The topological polar surface area (TPSA) is 29.5 Å². The van der Waals surface area contributed by atoms with Gasteiger partial charge in [0, 0.05) is 20.1 Å². The van der Waals surface area contributed by atoms with E-state index >= 15 is 0 Å². The molecule has 1 saturated heterocycles. The van der Waals surface area contributed by atoms with Crippen LogP contribution in [0.3, 0.4) is 0 Å². The smallest absolute Gasteiger partial charge is 0.270 e. The summed E-state index contributed by atoms with van der Waals surface area (Å²) < 4.78 is 8.09. The average Bonchev–Trinajstić information content (AvgIpc) is 3.02. The molecule has 1 amide bonds. The van der Waals surface area contributed by atoms with Crippen LogP contribution in [0.4, 0.5) is 5.69 Å². The molecule has 3 nitrogen and oxygen atoms in total. The van der Waals surface area contributed by atoms with Gasteiger partial charge in [-0.1, -0.05) is 75.2 Å². The summed E-state index contributed by atoms with van der Waals surface area (Å²) in [5, 5.41) is 1.13. The van der Waals surface area contributed by atoms with Crippen molar-refractivity contribution in [1.82, 2.24) is 0 Å². The van der Waals surface area contributed by atoms with Gasteiger partial charge < -0.3 is 4.74 Å². The van der Waals surface area contributed by atoms with Crippen LogP contribution in [0.25, 0.3) is 6.08 Å². The van der Waals surface area contributed by atoms with Gasteiger partial charge >= 0.3 is 0 Å². The summed E-state index contributed by atoms with van der Waals surface area (Å²) in [6.45, 7) is 0.305. The van der Waals surface area contributed by atoms with E-state index in [1.807, 2.05) is 54.6 Å². The van der Waals surface area contributed by atoms with E-state index in [1.165, 1.54) is 11.8 Å². The van der Waals surface area contributed by atoms with E-state index in [0.29, 0.717) is 31.6 Å². The van der Waals surface area contributed by atoms with Crippen molar-refractivity contribution in [2.75, 3.05) is 4.90 Å². The van der Waals surface area contributed by atoms with Crippen LogP contribution in [0.2, 0.25) is 10.0 Å². The molecule has 1 heterocycles. The fraction of sp³-hybridized carbons (Fsp3) is 0.0435. The minimum absolute atomic E-state index is 0.142. The predicted molar refractivity (Wildman–Crippen MR) is 145 cm³/mol. The van der Waals surface area contributed by atoms with Crippen LogP contribution in [0, 0.1) is 0 Å². The monoisotopic (exact) mass is 627 g/mol. The lowest BCUT2D eigenvalue weighted by molar-refractivity contribution is -0.113. The zero-order chi connectivity index (χ0) is 22.8. The molecule has 0 aromatic heterocycles. The Morgan fingerprint density at radius 3 is 2.47 bits per heavy atom. The van der Waals surface area contributed by atoms with Gasteiger partial charge in [0.2, 0.25) is 0 Å². The quantitative estimate of drug-likeness (QED) is 0.209. The van der Waals surface area contributed by atoms with Crippen LogP contribution >= 0.6 is 79.0 Å². The third kappa shape index (κ3) is 5.41. The van der Waals surface area contributed by atoms with E-state index in [0.717, 1.165) is 25.8 Å². The molecule has 32 heavy (non-hydrogen) atoms. The van der Waals surface area contributed by atoms with Gasteiger partial charge in [0.1, 0.15) is 12.4 Å². The van der Waals surface area contributed by atoms with Crippen LogP contribution in [0.15, 0.2) is 74.5 Å². The van der Waals surface area contributed by atoms with Crippen molar-refractivity contribution >= 4 is 101 Å². The number of anilines is 1. The van der Waals surface area contributed by atoms with E-state index in [1.54, 1.807) is 17.0 Å². The van der Waals surface area contributed by atoms with Gasteiger partial charge in [0.25, 0.3) is 5.91 Å². The van der Waals surface area contributed by atoms with Crippen LogP contribution in [0.1, 0.15) is 11.1 Å². The van der Waals surface area contributed by atoms with Gasteiger partial charge in [-0.25, -0.2) is 0 Å². The number of hydrogen-bond acceptors (Lipinski definition) is 4. The summed E-state index contributed by atoms with van der Waals surface area (Å²) in [6, 6.07) is 18.4. The lowest BCUT2D eigenvalue weighted by Crippen LogP contribution is -2.27. The van der Waals surface area contributed by atoms with Gasteiger partial charge in [-0.15, -0.1) is 0 Å². The Kier molecular flexibility index (Phi) is 7.65. The Labute approximate surface area is 222 Å². The van der Waals surface area contributed by atoms with Crippen molar-refractivity contribution in [3.8, 4) is 5.75 Å². The molecule has 0 N–H and O–H groups in total. The molecule has 0 radical (unpaired) electrons. The number of carbonyl (C=O) groups is 1. The van der Waals surface area contributed by atoms with Crippen molar-refractivity contribution in [3.05, 3.63) is 95.7 Å². The highest BCUT2D eigenvalue weighted by molar-refractivity contribution is 9.10. The lowest BCUT2D eigenvalue weighted by Gasteiger charge is -2.14. The summed E-state index contributed by atoms with van der Waals surface area (Å²) in [5.74, 6) is 0.520. The minimum Gasteiger partial charge on any atom is -0.488 e. The van der Waals surface area contributed by atoms with E-state index in [2.05, 4.69) is 31.9 Å². The summed E-state index contributed by atoms with van der Waals surface area (Å²) in [4.78, 5) is 15.1. The number of benzene rings is 3. The lowest BCUT2D eigenvalue weighted by atomic mass is 10.2. The molecule has 1 fully saturated rings. The SMILES string of the molecule is O=C1/C(=C\c2ccc(OCc3ccc(Cl)cc3Cl)c(Br)c2)SC(=S)N1c1ccc(Br)cc1. The highest BCUT2D eigenvalue weighted by Gasteiger charge is 2.33. The molecule has 1 aliphatic rings. The fourth-order valence-corrected chi connectivity index (χ4v) is 5.49. The van der Waals surface area contributed by atoms with Crippen molar-refractivity contribution in [3.63, 3.8) is 0 Å². The predicted octanol–water partition coefficient (Wildman–Crippen LogP) is 8.50. The first-order valence-corrected chi connectivity index (χ1v) is 12.8. The Morgan fingerprint density at radius 1 is 1.03 bits per heavy atom. The van der Waals surface area contributed by atoms with Crippen LogP contribution in [0.5, 0.6) is 5.75 Å².